The highest BCUT2D eigenvalue weighted by atomic mass is 79.9. The molecule has 0 spiro atoms. The first kappa shape index (κ1) is 12.0. The number of carbonyl (C=O) groups is 1. The fourth-order valence-corrected chi connectivity index (χ4v) is 1.87. The molecule has 3 nitrogen and oxygen atoms in total. The number of methoxy groups -OCH3 is 2. The molecule has 0 saturated heterocycles. The van der Waals surface area contributed by atoms with E-state index in [1.54, 1.807) is 7.11 Å². The summed E-state index contributed by atoms with van der Waals surface area (Å²) in [6.07, 6.45) is 1.02. The van der Waals surface area contributed by atoms with Crippen LogP contribution in [-0.4, -0.2) is 20.2 Å². The van der Waals surface area contributed by atoms with Crippen molar-refractivity contribution in [2.45, 2.75) is 12.8 Å². The average molecular weight is 273 g/mol. The minimum absolute atomic E-state index is 0.204. The molecule has 1 rings (SSSR count). The number of hydrogen-bond acceptors (Lipinski definition) is 3. The Morgan fingerprint density at radius 2 is 2.13 bits per heavy atom. The SMILES string of the molecule is COC(=O)CCc1cccc(OC)c1Br. The predicted octanol–water partition coefficient (Wildman–Crippen LogP) is 2.56. The summed E-state index contributed by atoms with van der Waals surface area (Å²) in [5, 5.41) is 0. The number of carbonyl (C=O) groups excluding carboxylic acids is 1. The Morgan fingerprint density at radius 3 is 2.73 bits per heavy atom. The number of benzene rings is 1. The summed E-state index contributed by atoms with van der Waals surface area (Å²) in [4.78, 5) is 11.0. The normalized spacial score (nSPS) is 9.80. The van der Waals surface area contributed by atoms with Crippen molar-refractivity contribution in [2.24, 2.45) is 0 Å². The van der Waals surface area contributed by atoms with Gasteiger partial charge in [0.15, 0.2) is 0 Å². The summed E-state index contributed by atoms with van der Waals surface area (Å²) in [7, 11) is 3.01. The van der Waals surface area contributed by atoms with E-state index in [1.165, 1.54) is 7.11 Å². The maximum atomic E-state index is 11.0. The van der Waals surface area contributed by atoms with E-state index in [4.69, 9.17) is 4.74 Å². The zero-order valence-corrected chi connectivity index (χ0v) is 10.3. The molecule has 0 radical (unpaired) electrons. The third-order valence-corrected chi connectivity index (χ3v) is 2.99. The van der Waals surface area contributed by atoms with Gasteiger partial charge < -0.3 is 9.47 Å². The first-order valence-corrected chi connectivity index (χ1v) is 5.36. The van der Waals surface area contributed by atoms with E-state index >= 15 is 0 Å². The molecule has 15 heavy (non-hydrogen) atoms. The molecule has 0 aliphatic heterocycles. The maximum Gasteiger partial charge on any atom is 0.305 e. The lowest BCUT2D eigenvalue weighted by Crippen LogP contribution is -2.02. The lowest BCUT2D eigenvalue weighted by molar-refractivity contribution is -0.140. The largest absolute Gasteiger partial charge is 0.496 e. The van der Waals surface area contributed by atoms with Gasteiger partial charge in [0.2, 0.25) is 0 Å². The van der Waals surface area contributed by atoms with Crippen LogP contribution in [0.5, 0.6) is 5.75 Å². The van der Waals surface area contributed by atoms with Crippen LogP contribution in [0.25, 0.3) is 0 Å². The van der Waals surface area contributed by atoms with E-state index in [1.807, 2.05) is 18.2 Å². The quantitative estimate of drug-likeness (QED) is 0.791. The van der Waals surface area contributed by atoms with Gasteiger partial charge in [0.25, 0.3) is 0 Å². The second-order valence-corrected chi connectivity index (χ2v) is 3.80. The van der Waals surface area contributed by atoms with Crippen LogP contribution in [0.15, 0.2) is 22.7 Å². The third kappa shape index (κ3) is 3.23. The molecule has 4 heteroatoms. The summed E-state index contributed by atoms with van der Waals surface area (Å²) in [6.45, 7) is 0. The van der Waals surface area contributed by atoms with Crippen LogP contribution in [0.1, 0.15) is 12.0 Å². The Hall–Kier alpha value is -1.03. The van der Waals surface area contributed by atoms with E-state index in [0.29, 0.717) is 12.8 Å². The lowest BCUT2D eigenvalue weighted by Gasteiger charge is -2.07. The molecule has 1 aromatic rings. The number of esters is 1. The zero-order chi connectivity index (χ0) is 11.3. The Balaban J connectivity index is 2.73. The molecule has 0 atom stereocenters. The molecular weight excluding hydrogens is 260 g/mol. The Labute approximate surface area is 97.5 Å². The molecular formula is C11H13BrO3. The van der Waals surface area contributed by atoms with Gasteiger partial charge in [0, 0.05) is 6.42 Å². The molecule has 0 amide bonds. The Bertz CT molecular complexity index is 350. The number of hydrogen-bond donors (Lipinski definition) is 0. The predicted molar refractivity (Wildman–Crippen MR) is 61.0 cm³/mol. The summed E-state index contributed by atoms with van der Waals surface area (Å²) in [6, 6.07) is 5.72. The van der Waals surface area contributed by atoms with Crippen molar-refractivity contribution < 1.29 is 14.3 Å². The first-order chi connectivity index (χ1) is 7.19. The molecule has 0 bridgehead atoms. The van der Waals surface area contributed by atoms with Gasteiger partial charge in [-0.2, -0.15) is 0 Å². The third-order valence-electron chi connectivity index (χ3n) is 2.09. The zero-order valence-electron chi connectivity index (χ0n) is 8.75. The molecule has 0 fully saturated rings. The Kier molecular flexibility index (Phi) is 4.62. The summed E-state index contributed by atoms with van der Waals surface area (Å²) < 4.78 is 10.6. The topological polar surface area (TPSA) is 35.5 Å². The second-order valence-electron chi connectivity index (χ2n) is 3.01. The molecule has 0 aliphatic rings. The summed E-state index contributed by atoms with van der Waals surface area (Å²) in [5.41, 5.74) is 1.04. The van der Waals surface area contributed by atoms with E-state index in [9.17, 15) is 4.79 Å². The van der Waals surface area contributed by atoms with E-state index < -0.39 is 0 Å². The van der Waals surface area contributed by atoms with Gasteiger partial charge in [-0.25, -0.2) is 0 Å². The minimum Gasteiger partial charge on any atom is -0.496 e. The number of aryl methyl sites for hydroxylation is 1. The van der Waals surface area contributed by atoms with Gasteiger partial charge in [-0.3, -0.25) is 4.79 Å². The molecule has 0 heterocycles. The molecule has 1 aromatic carbocycles. The Morgan fingerprint density at radius 1 is 1.40 bits per heavy atom. The fourth-order valence-electron chi connectivity index (χ4n) is 1.25. The number of ether oxygens (including phenoxy) is 2. The van der Waals surface area contributed by atoms with Crippen molar-refractivity contribution in [3.8, 4) is 5.75 Å². The summed E-state index contributed by atoms with van der Waals surface area (Å²) >= 11 is 3.44. The van der Waals surface area contributed by atoms with Gasteiger partial charge in [-0.05, 0) is 34.0 Å². The molecule has 0 unspecified atom stereocenters. The van der Waals surface area contributed by atoms with Crippen molar-refractivity contribution in [2.75, 3.05) is 14.2 Å². The highest BCUT2D eigenvalue weighted by Gasteiger charge is 2.07. The lowest BCUT2D eigenvalue weighted by atomic mass is 10.1. The van der Waals surface area contributed by atoms with E-state index in [0.717, 1.165) is 15.8 Å². The smallest absolute Gasteiger partial charge is 0.305 e. The number of halogens is 1. The van der Waals surface area contributed by atoms with Gasteiger partial charge >= 0.3 is 5.97 Å². The van der Waals surface area contributed by atoms with Crippen LogP contribution >= 0.6 is 15.9 Å². The van der Waals surface area contributed by atoms with Crippen molar-refractivity contribution >= 4 is 21.9 Å². The number of rotatable bonds is 4. The van der Waals surface area contributed by atoms with E-state index in [2.05, 4.69) is 20.7 Å². The standard InChI is InChI=1S/C11H13BrO3/c1-14-9-5-3-4-8(11(9)12)6-7-10(13)15-2/h3-5H,6-7H2,1-2H3. The molecule has 0 aliphatic carbocycles. The van der Waals surface area contributed by atoms with Crippen LogP contribution in [0.2, 0.25) is 0 Å². The highest BCUT2D eigenvalue weighted by molar-refractivity contribution is 9.10. The van der Waals surface area contributed by atoms with Gasteiger partial charge in [0.1, 0.15) is 5.75 Å². The van der Waals surface area contributed by atoms with Crippen LogP contribution < -0.4 is 4.74 Å². The molecule has 82 valence electrons. The van der Waals surface area contributed by atoms with Gasteiger partial charge in [-0.15, -0.1) is 0 Å². The minimum atomic E-state index is -0.204. The first-order valence-electron chi connectivity index (χ1n) is 4.57. The van der Waals surface area contributed by atoms with Crippen molar-refractivity contribution in [1.29, 1.82) is 0 Å². The van der Waals surface area contributed by atoms with Crippen molar-refractivity contribution in [3.63, 3.8) is 0 Å². The van der Waals surface area contributed by atoms with Crippen molar-refractivity contribution in [3.05, 3.63) is 28.2 Å². The fraction of sp³-hybridized carbons (Fsp3) is 0.364. The van der Waals surface area contributed by atoms with Crippen LogP contribution in [-0.2, 0) is 16.0 Å². The highest BCUT2D eigenvalue weighted by Crippen LogP contribution is 2.28. The molecule has 0 aromatic heterocycles. The molecule has 0 saturated carbocycles. The molecule has 0 N–H and O–H groups in total. The van der Waals surface area contributed by atoms with Crippen LogP contribution in [0.3, 0.4) is 0 Å². The maximum absolute atomic E-state index is 11.0. The average Bonchev–Trinajstić information content (AvgIpc) is 2.27. The monoisotopic (exact) mass is 272 g/mol. The summed E-state index contributed by atoms with van der Waals surface area (Å²) in [5.74, 6) is 0.571. The van der Waals surface area contributed by atoms with Crippen molar-refractivity contribution in [1.82, 2.24) is 0 Å². The van der Waals surface area contributed by atoms with Crippen LogP contribution in [0.4, 0.5) is 0 Å². The second kappa shape index (κ2) is 5.75. The van der Waals surface area contributed by atoms with Gasteiger partial charge in [0.05, 0.1) is 18.7 Å². The van der Waals surface area contributed by atoms with E-state index in [-0.39, 0.29) is 5.97 Å². The van der Waals surface area contributed by atoms with Crippen LogP contribution in [0, 0.1) is 0 Å². The van der Waals surface area contributed by atoms with Gasteiger partial charge in [-0.1, -0.05) is 12.1 Å².